The Kier molecular flexibility index (Phi) is 4.15. The molecule has 4 heterocycles. The molecular weight excluding hydrogens is 240 g/mol. The predicted octanol–water partition coefficient (Wildman–Crippen LogP) is -2.83. The van der Waals surface area contributed by atoms with Crippen LogP contribution in [0.2, 0.25) is 0 Å². The molecule has 3 saturated heterocycles. The second kappa shape index (κ2) is 5.23. The van der Waals surface area contributed by atoms with Crippen molar-refractivity contribution in [3.63, 3.8) is 0 Å². The summed E-state index contributed by atoms with van der Waals surface area (Å²) in [5.41, 5.74) is 0.797. The van der Waals surface area contributed by atoms with Gasteiger partial charge in [-0.3, -0.25) is 4.68 Å². The van der Waals surface area contributed by atoms with Gasteiger partial charge in [0.2, 0.25) is 0 Å². The first-order chi connectivity index (χ1) is 8.53. The number of fused-ring (bicyclic) bond motifs is 3. The predicted molar refractivity (Wildman–Crippen MR) is 66.2 cm³/mol. The van der Waals surface area contributed by atoms with Gasteiger partial charge in [-0.1, -0.05) is 26.0 Å². The normalized spacial score (nSPS) is 33.5. The standard InChI is InChI=1S/C11H19BN3O3.Li/c1-9(2)5-15-10(4-13-14-15)12-16-6-11(3,7-17-12)8-18-12;/h4,9H,5-8H2,1-3H3;/q-1;+1. The third-order valence-electron chi connectivity index (χ3n) is 3.50. The van der Waals surface area contributed by atoms with E-state index in [0.29, 0.717) is 25.7 Å². The van der Waals surface area contributed by atoms with Gasteiger partial charge in [0.25, 0.3) is 0 Å². The molecule has 0 N–H and O–H groups in total. The molecular formula is C11H19BLiN3O3. The Hall–Kier alpha value is -0.318. The van der Waals surface area contributed by atoms with Gasteiger partial charge >= 0.3 is 25.6 Å². The monoisotopic (exact) mass is 259 g/mol. The van der Waals surface area contributed by atoms with E-state index in [-0.39, 0.29) is 24.3 Å². The van der Waals surface area contributed by atoms with E-state index in [1.807, 2.05) is 4.68 Å². The van der Waals surface area contributed by atoms with Crippen molar-refractivity contribution in [3.8, 4) is 0 Å². The van der Waals surface area contributed by atoms with E-state index in [1.54, 1.807) is 6.20 Å². The van der Waals surface area contributed by atoms with Crippen LogP contribution in [-0.4, -0.2) is 41.6 Å². The molecule has 1 aromatic heterocycles. The first kappa shape index (κ1) is 15.1. The molecule has 2 bridgehead atoms. The maximum atomic E-state index is 5.85. The zero-order valence-corrected chi connectivity index (χ0v) is 12.1. The Morgan fingerprint density at radius 1 is 1.32 bits per heavy atom. The molecule has 0 aliphatic carbocycles. The third-order valence-corrected chi connectivity index (χ3v) is 3.50. The molecule has 100 valence electrons. The Labute approximate surface area is 125 Å². The van der Waals surface area contributed by atoms with Gasteiger partial charge in [-0.25, -0.2) is 0 Å². The van der Waals surface area contributed by atoms with Crippen LogP contribution in [0.25, 0.3) is 0 Å². The zero-order valence-electron chi connectivity index (χ0n) is 12.1. The number of hydrogen-bond donors (Lipinski definition) is 0. The van der Waals surface area contributed by atoms with E-state index in [9.17, 15) is 0 Å². The van der Waals surface area contributed by atoms with Crippen molar-refractivity contribution in [3.05, 3.63) is 6.20 Å². The van der Waals surface area contributed by atoms with Crippen LogP contribution in [0.5, 0.6) is 0 Å². The van der Waals surface area contributed by atoms with Crippen molar-refractivity contribution in [2.75, 3.05) is 19.8 Å². The number of hydrogen-bond acceptors (Lipinski definition) is 5. The molecule has 0 amide bonds. The number of aromatic nitrogens is 3. The fourth-order valence-corrected chi connectivity index (χ4v) is 2.49. The van der Waals surface area contributed by atoms with Gasteiger partial charge in [0, 0.05) is 38.0 Å². The Morgan fingerprint density at radius 2 is 1.89 bits per heavy atom. The first-order valence-electron chi connectivity index (χ1n) is 6.47. The molecule has 0 spiro atoms. The van der Waals surface area contributed by atoms with E-state index < -0.39 is 6.75 Å². The molecule has 8 heteroatoms. The molecule has 19 heavy (non-hydrogen) atoms. The van der Waals surface area contributed by atoms with Crippen LogP contribution in [0.1, 0.15) is 20.8 Å². The molecule has 3 fully saturated rings. The SMILES string of the molecule is CC(C)Cn1nncc1[B-]12OCC(C)(CO1)CO2.[Li+]. The summed E-state index contributed by atoms with van der Waals surface area (Å²) < 4.78 is 19.4. The molecule has 0 saturated carbocycles. The van der Waals surface area contributed by atoms with Crippen LogP contribution >= 0.6 is 0 Å². The van der Waals surface area contributed by atoms with Gasteiger partial charge in [-0.15, -0.1) is 5.10 Å². The molecule has 3 aliphatic heterocycles. The Balaban J connectivity index is 0.00000133. The van der Waals surface area contributed by atoms with E-state index >= 15 is 0 Å². The fraction of sp³-hybridized carbons (Fsp3) is 0.818. The van der Waals surface area contributed by atoms with Crippen LogP contribution in [0.15, 0.2) is 6.20 Å². The van der Waals surface area contributed by atoms with E-state index in [4.69, 9.17) is 14.0 Å². The summed E-state index contributed by atoms with van der Waals surface area (Å²) in [5.74, 6) is 0.482. The largest absolute Gasteiger partial charge is 1.00 e. The van der Waals surface area contributed by atoms with Crippen molar-refractivity contribution in [2.45, 2.75) is 27.3 Å². The number of rotatable bonds is 3. The Morgan fingerprint density at radius 3 is 2.42 bits per heavy atom. The minimum atomic E-state index is -1.84. The van der Waals surface area contributed by atoms with Crippen molar-refractivity contribution in [1.29, 1.82) is 0 Å². The average Bonchev–Trinajstić information content (AvgIpc) is 2.78. The van der Waals surface area contributed by atoms with Gasteiger partial charge in [0.1, 0.15) is 0 Å². The molecule has 0 unspecified atom stereocenters. The van der Waals surface area contributed by atoms with Crippen LogP contribution in [0, 0.1) is 11.3 Å². The van der Waals surface area contributed by atoms with Gasteiger partial charge < -0.3 is 14.0 Å². The topological polar surface area (TPSA) is 58.4 Å². The van der Waals surface area contributed by atoms with Crippen molar-refractivity contribution >= 4 is 12.3 Å². The van der Waals surface area contributed by atoms with Gasteiger partial charge in [0.05, 0.1) is 0 Å². The van der Waals surface area contributed by atoms with E-state index in [1.165, 1.54) is 0 Å². The van der Waals surface area contributed by atoms with Crippen molar-refractivity contribution < 1.29 is 32.8 Å². The molecule has 0 atom stereocenters. The fourth-order valence-electron chi connectivity index (χ4n) is 2.49. The maximum absolute atomic E-state index is 5.85. The smallest absolute Gasteiger partial charge is 0.539 e. The van der Waals surface area contributed by atoms with Crippen LogP contribution < -0.4 is 24.5 Å². The maximum Gasteiger partial charge on any atom is 1.00 e. The molecule has 3 aliphatic rings. The summed E-state index contributed by atoms with van der Waals surface area (Å²) in [7, 11) is 0. The molecule has 1 aromatic rings. The van der Waals surface area contributed by atoms with Crippen LogP contribution in [0.3, 0.4) is 0 Å². The van der Waals surface area contributed by atoms with Gasteiger partial charge in [-0.2, -0.15) is 0 Å². The summed E-state index contributed by atoms with van der Waals surface area (Å²) in [6.07, 6.45) is 1.69. The van der Waals surface area contributed by atoms with Gasteiger partial charge in [0.15, 0.2) is 0 Å². The summed E-state index contributed by atoms with van der Waals surface area (Å²) in [4.78, 5) is 0. The minimum Gasteiger partial charge on any atom is -0.539 e. The molecule has 0 aromatic carbocycles. The second-order valence-electron chi connectivity index (χ2n) is 6.12. The third kappa shape index (κ3) is 2.63. The Bertz CT molecular complexity index is 430. The summed E-state index contributed by atoms with van der Waals surface area (Å²) in [5, 5.41) is 8.07. The molecule has 6 nitrogen and oxygen atoms in total. The average molecular weight is 259 g/mol. The quantitative estimate of drug-likeness (QED) is 0.547. The minimum absolute atomic E-state index is 0. The second-order valence-corrected chi connectivity index (χ2v) is 6.12. The molecule has 0 radical (unpaired) electrons. The number of nitrogens with zero attached hydrogens (tertiary/aromatic N) is 3. The van der Waals surface area contributed by atoms with E-state index in [0.717, 1.165) is 12.1 Å². The van der Waals surface area contributed by atoms with Crippen molar-refractivity contribution in [2.24, 2.45) is 11.3 Å². The van der Waals surface area contributed by atoms with Crippen molar-refractivity contribution in [1.82, 2.24) is 15.0 Å². The summed E-state index contributed by atoms with van der Waals surface area (Å²) >= 11 is 0. The summed E-state index contributed by atoms with van der Waals surface area (Å²) in [6.45, 7) is 7.33. The first-order valence-corrected chi connectivity index (χ1v) is 6.47. The van der Waals surface area contributed by atoms with E-state index in [2.05, 4.69) is 31.1 Å². The molecule has 4 rings (SSSR count). The van der Waals surface area contributed by atoms with Crippen LogP contribution in [-0.2, 0) is 20.5 Å². The van der Waals surface area contributed by atoms with Crippen LogP contribution in [0.4, 0.5) is 0 Å². The summed E-state index contributed by atoms with van der Waals surface area (Å²) in [6, 6.07) is 0. The van der Waals surface area contributed by atoms with Gasteiger partial charge in [-0.05, 0) is 11.5 Å². The zero-order chi connectivity index (χ0) is 12.8.